The monoisotopic (exact) mass is 303 g/mol. The Morgan fingerprint density at radius 2 is 2.27 bits per heavy atom. The minimum atomic E-state index is -0.0409. The van der Waals surface area contributed by atoms with Crippen molar-refractivity contribution in [2.24, 2.45) is 0 Å². The fourth-order valence-electron chi connectivity index (χ4n) is 2.78. The lowest BCUT2D eigenvalue weighted by Gasteiger charge is -2.18. The van der Waals surface area contributed by atoms with Gasteiger partial charge >= 0.3 is 0 Å². The molecule has 1 aromatic rings. The van der Waals surface area contributed by atoms with Crippen LogP contribution in [0.4, 0.5) is 0 Å². The first kappa shape index (κ1) is 16.5. The van der Waals surface area contributed by atoms with Crippen molar-refractivity contribution in [2.45, 2.75) is 52.0 Å². The molecular weight excluding hydrogens is 278 g/mol. The molecule has 0 aliphatic carbocycles. The summed E-state index contributed by atoms with van der Waals surface area (Å²) in [7, 11) is 0. The maximum Gasteiger partial charge on any atom is 0.222 e. The van der Waals surface area contributed by atoms with Crippen LogP contribution in [-0.4, -0.2) is 34.8 Å². The fraction of sp³-hybridized carbons (Fsp3) is 0.588. The number of carbonyl (C=O) groups is 2. The van der Waals surface area contributed by atoms with Crippen LogP contribution >= 0.6 is 0 Å². The van der Waals surface area contributed by atoms with E-state index in [2.05, 4.69) is 10.3 Å². The Morgan fingerprint density at radius 1 is 1.45 bits per heavy atom. The van der Waals surface area contributed by atoms with E-state index in [4.69, 9.17) is 0 Å². The second-order valence-corrected chi connectivity index (χ2v) is 5.82. The standard InChI is InChI=1S/C17H25N3O2/c1-3-14(15-8-4-7-13(2)18-15)19-16(21)9-5-11-20-12-6-10-17(20)22/h4,7-8,14H,3,5-6,9-12H2,1-2H3,(H,19,21)/t14-/m0/s1. The number of carbonyl (C=O) groups excluding carboxylic acids is 2. The van der Waals surface area contributed by atoms with Gasteiger partial charge in [-0.3, -0.25) is 14.6 Å². The first-order valence-corrected chi connectivity index (χ1v) is 8.11. The molecule has 0 saturated carbocycles. The number of pyridine rings is 1. The highest BCUT2D eigenvalue weighted by Crippen LogP contribution is 2.15. The third-order valence-electron chi connectivity index (χ3n) is 4.01. The normalized spacial score (nSPS) is 15.9. The van der Waals surface area contributed by atoms with Gasteiger partial charge in [-0.1, -0.05) is 13.0 Å². The summed E-state index contributed by atoms with van der Waals surface area (Å²) in [5, 5.41) is 3.04. The van der Waals surface area contributed by atoms with Crippen LogP contribution in [0.3, 0.4) is 0 Å². The average molecular weight is 303 g/mol. The van der Waals surface area contributed by atoms with Crippen LogP contribution < -0.4 is 5.32 Å². The Bertz CT molecular complexity index is 530. The molecule has 1 saturated heterocycles. The molecule has 0 unspecified atom stereocenters. The van der Waals surface area contributed by atoms with Gasteiger partial charge in [0.05, 0.1) is 11.7 Å². The molecule has 2 amide bonds. The van der Waals surface area contributed by atoms with Crippen LogP contribution in [0.5, 0.6) is 0 Å². The summed E-state index contributed by atoms with van der Waals surface area (Å²) in [6.45, 7) is 5.51. The zero-order valence-electron chi connectivity index (χ0n) is 13.5. The zero-order chi connectivity index (χ0) is 15.9. The second-order valence-electron chi connectivity index (χ2n) is 5.82. The summed E-state index contributed by atoms with van der Waals surface area (Å²) in [5.74, 6) is 0.248. The van der Waals surface area contributed by atoms with Crippen molar-refractivity contribution in [3.05, 3.63) is 29.6 Å². The van der Waals surface area contributed by atoms with E-state index in [0.717, 1.165) is 37.2 Å². The van der Waals surface area contributed by atoms with Crippen molar-refractivity contribution in [3.63, 3.8) is 0 Å². The van der Waals surface area contributed by atoms with E-state index < -0.39 is 0 Å². The Kier molecular flexibility index (Phi) is 5.92. The summed E-state index contributed by atoms with van der Waals surface area (Å²) >= 11 is 0. The number of rotatable bonds is 7. The maximum atomic E-state index is 12.1. The number of hydrogen-bond donors (Lipinski definition) is 1. The molecule has 1 atom stereocenters. The first-order chi connectivity index (χ1) is 10.6. The number of nitrogens with one attached hydrogen (secondary N) is 1. The smallest absolute Gasteiger partial charge is 0.222 e. The Morgan fingerprint density at radius 3 is 2.91 bits per heavy atom. The molecule has 22 heavy (non-hydrogen) atoms. The van der Waals surface area contributed by atoms with Crippen molar-refractivity contribution in [3.8, 4) is 0 Å². The molecule has 5 nitrogen and oxygen atoms in total. The van der Waals surface area contributed by atoms with Crippen molar-refractivity contribution in [1.29, 1.82) is 0 Å². The van der Waals surface area contributed by atoms with Crippen LogP contribution in [0.1, 0.15) is 56.5 Å². The number of likely N-dealkylation sites (tertiary alicyclic amines) is 1. The first-order valence-electron chi connectivity index (χ1n) is 8.11. The van der Waals surface area contributed by atoms with Crippen molar-refractivity contribution in [1.82, 2.24) is 15.2 Å². The number of nitrogens with zero attached hydrogens (tertiary/aromatic N) is 2. The van der Waals surface area contributed by atoms with Gasteiger partial charge in [0, 0.05) is 31.6 Å². The quantitative estimate of drug-likeness (QED) is 0.841. The second kappa shape index (κ2) is 7.92. The summed E-state index contributed by atoms with van der Waals surface area (Å²) in [6.07, 6.45) is 3.58. The van der Waals surface area contributed by atoms with E-state index in [1.807, 2.05) is 36.9 Å². The third kappa shape index (κ3) is 4.55. The highest BCUT2D eigenvalue weighted by molar-refractivity contribution is 5.78. The molecule has 1 aliphatic rings. The molecule has 0 bridgehead atoms. The molecule has 0 spiro atoms. The Labute approximate surface area is 132 Å². The van der Waals surface area contributed by atoms with Crippen molar-refractivity contribution >= 4 is 11.8 Å². The van der Waals surface area contributed by atoms with Crippen LogP contribution in [0.15, 0.2) is 18.2 Å². The molecular formula is C17H25N3O2. The van der Waals surface area contributed by atoms with Gasteiger partial charge in [0.25, 0.3) is 0 Å². The Balaban J connectivity index is 1.78. The van der Waals surface area contributed by atoms with E-state index in [-0.39, 0.29) is 17.9 Å². The number of aryl methyl sites for hydroxylation is 1. The summed E-state index contributed by atoms with van der Waals surface area (Å²) < 4.78 is 0. The lowest BCUT2D eigenvalue weighted by Crippen LogP contribution is -2.30. The third-order valence-corrected chi connectivity index (χ3v) is 4.01. The van der Waals surface area contributed by atoms with Crippen molar-refractivity contribution in [2.75, 3.05) is 13.1 Å². The van der Waals surface area contributed by atoms with Gasteiger partial charge in [0.1, 0.15) is 0 Å². The molecule has 1 aliphatic heterocycles. The molecule has 1 aromatic heterocycles. The molecule has 2 heterocycles. The summed E-state index contributed by atoms with van der Waals surface area (Å²) in [6, 6.07) is 5.82. The lowest BCUT2D eigenvalue weighted by molar-refractivity contribution is -0.128. The topological polar surface area (TPSA) is 62.3 Å². The zero-order valence-corrected chi connectivity index (χ0v) is 13.5. The molecule has 1 N–H and O–H groups in total. The van der Waals surface area contributed by atoms with Gasteiger partial charge in [-0.25, -0.2) is 0 Å². The molecule has 1 fully saturated rings. The predicted molar refractivity (Wildman–Crippen MR) is 85.2 cm³/mol. The van der Waals surface area contributed by atoms with Gasteiger partial charge in [-0.05, 0) is 38.3 Å². The van der Waals surface area contributed by atoms with Crippen LogP contribution in [0.2, 0.25) is 0 Å². The lowest BCUT2D eigenvalue weighted by atomic mass is 10.1. The van der Waals surface area contributed by atoms with E-state index in [9.17, 15) is 9.59 Å². The van der Waals surface area contributed by atoms with Gasteiger partial charge in [-0.2, -0.15) is 0 Å². The molecule has 0 radical (unpaired) electrons. The molecule has 0 aromatic carbocycles. The van der Waals surface area contributed by atoms with Gasteiger partial charge in [0.15, 0.2) is 0 Å². The summed E-state index contributed by atoms with van der Waals surface area (Å²) in [5.41, 5.74) is 1.86. The van der Waals surface area contributed by atoms with Gasteiger partial charge < -0.3 is 10.2 Å². The predicted octanol–water partition coefficient (Wildman–Crippen LogP) is 2.36. The van der Waals surface area contributed by atoms with E-state index >= 15 is 0 Å². The van der Waals surface area contributed by atoms with Crippen molar-refractivity contribution < 1.29 is 9.59 Å². The average Bonchev–Trinajstić information content (AvgIpc) is 2.90. The SMILES string of the molecule is CC[C@H](NC(=O)CCCN1CCCC1=O)c1cccc(C)n1. The van der Waals surface area contributed by atoms with E-state index in [1.54, 1.807) is 0 Å². The van der Waals surface area contributed by atoms with Crippen LogP contribution in [0, 0.1) is 6.92 Å². The largest absolute Gasteiger partial charge is 0.348 e. The number of aromatic nitrogens is 1. The highest BCUT2D eigenvalue weighted by Gasteiger charge is 2.20. The molecule has 5 heteroatoms. The molecule has 2 rings (SSSR count). The highest BCUT2D eigenvalue weighted by atomic mass is 16.2. The summed E-state index contributed by atoms with van der Waals surface area (Å²) in [4.78, 5) is 29.9. The minimum Gasteiger partial charge on any atom is -0.348 e. The minimum absolute atomic E-state index is 0.0294. The van der Waals surface area contributed by atoms with E-state index in [0.29, 0.717) is 19.4 Å². The molecule has 120 valence electrons. The van der Waals surface area contributed by atoms with Gasteiger partial charge in [0.2, 0.25) is 11.8 Å². The van der Waals surface area contributed by atoms with Gasteiger partial charge in [-0.15, -0.1) is 0 Å². The van der Waals surface area contributed by atoms with E-state index in [1.165, 1.54) is 0 Å². The fourth-order valence-corrected chi connectivity index (χ4v) is 2.78. The van der Waals surface area contributed by atoms with Crippen LogP contribution in [0.25, 0.3) is 0 Å². The Hall–Kier alpha value is -1.91. The number of amides is 2. The van der Waals surface area contributed by atoms with Crippen LogP contribution in [-0.2, 0) is 9.59 Å². The maximum absolute atomic E-state index is 12.1. The number of hydrogen-bond acceptors (Lipinski definition) is 3.